The van der Waals surface area contributed by atoms with Crippen LogP contribution >= 0.6 is 0 Å². The van der Waals surface area contributed by atoms with E-state index in [0.29, 0.717) is 19.8 Å². The second-order valence-electron chi connectivity index (χ2n) is 4.08. The lowest BCUT2D eigenvalue weighted by atomic mass is 10.2. The fourth-order valence-electron chi connectivity index (χ4n) is 1.86. The van der Waals surface area contributed by atoms with Crippen LogP contribution in [0.3, 0.4) is 0 Å². The topological polar surface area (TPSA) is 76.9 Å². The molecule has 0 aliphatic carbocycles. The number of rotatable bonds is 5. The molecule has 1 N–H and O–H groups in total. The summed E-state index contributed by atoms with van der Waals surface area (Å²) < 4.78 is 10.6. The molecule has 0 amide bonds. The molecule has 0 unspecified atom stereocenters. The van der Waals surface area contributed by atoms with Crippen LogP contribution in [0.4, 0.5) is 11.4 Å². The first kappa shape index (κ1) is 13.6. The molecule has 104 valence electrons. The van der Waals surface area contributed by atoms with Gasteiger partial charge in [-0.15, -0.1) is 0 Å². The van der Waals surface area contributed by atoms with Crippen molar-refractivity contribution < 1.29 is 14.4 Å². The number of hydrazine groups is 1. The number of anilines is 1. The van der Waals surface area contributed by atoms with Crippen LogP contribution in [-0.4, -0.2) is 42.8 Å². The van der Waals surface area contributed by atoms with Gasteiger partial charge >= 0.3 is 5.69 Å². The van der Waals surface area contributed by atoms with Crippen molar-refractivity contribution in [2.24, 2.45) is 0 Å². The van der Waals surface area contributed by atoms with Crippen LogP contribution < -0.4 is 10.2 Å². The number of nitro groups is 1. The molecule has 1 heterocycles. The summed E-state index contributed by atoms with van der Waals surface area (Å²) in [6.45, 7) is 5.10. The van der Waals surface area contributed by atoms with Crippen molar-refractivity contribution in [2.75, 3.05) is 38.3 Å². The van der Waals surface area contributed by atoms with Crippen molar-refractivity contribution in [3.8, 4) is 5.75 Å². The molecule has 0 saturated carbocycles. The SMILES string of the molecule is CCOc1cc(NN2CCOCC2)ccc1[N+](=O)[O-]. The highest BCUT2D eigenvalue weighted by Crippen LogP contribution is 2.30. The fourth-order valence-corrected chi connectivity index (χ4v) is 1.86. The van der Waals surface area contributed by atoms with Crippen molar-refractivity contribution in [2.45, 2.75) is 6.92 Å². The number of benzene rings is 1. The van der Waals surface area contributed by atoms with Gasteiger partial charge in [0.2, 0.25) is 0 Å². The second kappa shape index (κ2) is 6.35. The Kier molecular flexibility index (Phi) is 4.53. The van der Waals surface area contributed by atoms with Crippen LogP contribution in [0.25, 0.3) is 0 Å². The van der Waals surface area contributed by atoms with Gasteiger partial charge in [-0.2, -0.15) is 0 Å². The van der Waals surface area contributed by atoms with E-state index in [0.717, 1.165) is 18.8 Å². The highest BCUT2D eigenvalue weighted by atomic mass is 16.6. The van der Waals surface area contributed by atoms with Crippen molar-refractivity contribution in [1.82, 2.24) is 5.01 Å². The number of nitro benzene ring substituents is 1. The van der Waals surface area contributed by atoms with Gasteiger partial charge in [-0.1, -0.05) is 0 Å². The van der Waals surface area contributed by atoms with E-state index >= 15 is 0 Å². The number of hydrogen-bond acceptors (Lipinski definition) is 6. The molecule has 0 spiro atoms. The molecule has 7 heteroatoms. The first-order valence-corrected chi connectivity index (χ1v) is 6.21. The minimum absolute atomic E-state index is 0.0191. The van der Waals surface area contributed by atoms with Crippen molar-refractivity contribution in [3.63, 3.8) is 0 Å². The van der Waals surface area contributed by atoms with Gasteiger partial charge < -0.3 is 14.9 Å². The zero-order chi connectivity index (χ0) is 13.7. The van der Waals surface area contributed by atoms with E-state index in [9.17, 15) is 10.1 Å². The maximum atomic E-state index is 10.9. The number of morpholine rings is 1. The first-order chi connectivity index (χ1) is 9.20. The fraction of sp³-hybridized carbons (Fsp3) is 0.500. The molecule has 0 aromatic heterocycles. The molecule has 1 saturated heterocycles. The quantitative estimate of drug-likeness (QED) is 0.645. The number of hydrogen-bond donors (Lipinski definition) is 1. The summed E-state index contributed by atoms with van der Waals surface area (Å²) >= 11 is 0. The van der Waals surface area contributed by atoms with Gasteiger partial charge in [0.05, 0.1) is 30.4 Å². The summed E-state index contributed by atoms with van der Waals surface area (Å²) in [7, 11) is 0. The van der Waals surface area contributed by atoms with E-state index in [-0.39, 0.29) is 11.4 Å². The highest BCUT2D eigenvalue weighted by Gasteiger charge is 2.17. The van der Waals surface area contributed by atoms with Gasteiger partial charge in [-0.25, -0.2) is 5.01 Å². The van der Waals surface area contributed by atoms with Crippen molar-refractivity contribution in [3.05, 3.63) is 28.3 Å². The normalized spacial score (nSPS) is 16.1. The lowest BCUT2D eigenvalue weighted by molar-refractivity contribution is -0.385. The van der Waals surface area contributed by atoms with E-state index in [4.69, 9.17) is 9.47 Å². The van der Waals surface area contributed by atoms with Crippen LogP contribution in [-0.2, 0) is 4.74 Å². The van der Waals surface area contributed by atoms with Gasteiger partial charge in [0.15, 0.2) is 5.75 Å². The van der Waals surface area contributed by atoms with E-state index in [1.165, 1.54) is 6.07 Å². The minimum Gasteiger partial charge on any atom is -0.487 e. The Bertz CT molecular complexity index is 447. The molecule has 7 nitrogen and oxygen atoms in total. The summed E-state index contributed by atoms with van der Waals surface area (Å²) in [5.41, 5.74) is 3.95. The summed E-state index contributed by atoms with van der Waals surface area (Å²) in [5, 5.41) is 12.9. The van der Waals surface area contributed by atoms with Crippen molar-refractivity contribution in [1.29, 1.82) is 0 Å². The van der Waals surface area contributed by atoms with Gasteiger partial charge in [0, 0.05) is 25.2 Å². The largest absolute Gasteiger partial charge is 0.487 e. The molecule has 0 bridgehead atoms. The Morgan fingerprint density at radius 1 is 1.47 bits per heavy atom. The van der Waals surface area contributed by atoms with E-state index < -0.39 is 4.92 Å². The molecule has 1 aromatic rings. The zero-order valence-electron chi connectivity index (χ0n) is 10.8. The molecule has 1 fully saturated rings. The maximum absolute atomic E-state index is 10.9. The Labute approximate surface area is 111 Å². The van der Waals surface area contributed by atoms with Crippen LogP contribution in [0.15, 0.2) is 18.2 Å². The standard InChI is InChI=1S/C12H17N3O4/c1-2-19-12-9-10(3-4-11(12)15(16)17)13-14-5-7-18-8-6-14/h3-4,9,13H,2,5-8H2,1H3. The predicted molar refractivity (Wildman–Crippen MR) is 70.3 cm³/mol. The highest BCUT2D eigenvalue weighted by molar-refractivity contribution is 5.57. The van der Waals surface area contributed by atoms with Crippen LogP contribution in [0.2, 0.25) is 0 Å². The molecular formula is C12H17N3O4. The molecule has 19 heavy (non-hydrogen) atoms. The maximum Gasteiger partial charge on any atom is 0.311 e. The average molecular weight is 267 g/mol. The predicted octanol–water partition coefficient (Wildman–Crippen LogP) is 1.65. The molecule has 0 atom stereocenters. The first-order valence-electron chi connectivity index (χ1n) is 6.21. The van der Waals surface area contributed by atoms with Gasteiger partial charge in [-0.3, -0.25) is 10.1 Å². The van der Waals surface area contributed by atoms with Gasteiger partial charge in [0.25, 0.3) is 0 Å². The molecule has 1 aliphatic rings. The Morgan fingerprint density at radius 3 is 2.84 bits per heavy atom. The second-order valence-corrected chi connectivity index (χ2v) is 4.08. The lowest BCUT2D eigenvalue weighted by Crippen LogP contribution is -2.40. The number of nitrogens with one attached hydrogen (secondary N) is 1. The Morgan fingerprint density at radius 2 is 2.21 bits per heavy atom. The van der Waals surface area contributed by atoms with E-state index in [1.54, 1.807) is 19.1 Å². The average Bonchev–Trinajstić information content (AvgIpc) is 2.40. The van der Waals surface area contributed by atoms with Crippen LogP contribution in [0, 0.1) is 10.1 Å². The van der Waals surface area contributed by atoms with E-state index in [2.05, 4.69) is 5.43 Å². The monoisotopic (exact) mass is 267 g/mol. The molecule has 2 rings (SSSR count). The summed E-state index contributed by atoms with van der Waals surface area (Å²) in [4.78, 5) is 10.4. The summed E-state index contributed by atoms with van der Waals surface area (Å²) in [6.07, 6.45) is 0. The molecular weight excluding hydrogens is 250 g/mol. The van der Waals surface area contributed by atoms with E-state index in [1.807, 2.05) is 5.01 Å². The lowest BCUT2D eigenvalue weighted by Gasteiger charge is -2.28. The minimum atomic E-state index is -0.441. The third-order valence-corrected chi connectivity index (χ3v) is 2.75. The van der Waals surface area contributed by atoms with Crippen LogP contribution in [0.5, 0.6) is 5.75 Å². The van der Waals surface area contributed by atoms with Crippen molar-refractivity contribution >= 4 is 11.4 Å². The zero-order valence-corrected chi connectivity index (χ0v) is 10.8. The summed E-state index contributed by atoms with van der Waals surface area (Å²) in [5.74, 6) is 0.283. The molecule has 0 radical (unpaired) electrons. The number of ether oxygens (including phenoxy) is 2. The van der Waals surface area contributed by atoms with Gasteiger partial charge in [-0.05, 0) is 13.0 Å². The molecule has 1 aromatic carbocycles. The third-order valence-electron chi connectivity index (χ3n) is 2.75. The van der Waals surface area contributed by atoms with Gasteiger partial charge in [0.1, 0.15) is 0 Å². The molecule has 1 aliphatic heterocycles. The summed E-state index contributed by atoms with van der Waals surface area (Å²) in [6, 6.07) is 4.78. The third kappa shape index (κ3) is 3.55. The number of nitrogens with zero attached hydrogens (tertiary/aromatic N) is 2. The Balaban J connectivity index is 2.12. The smallest absolute Gasteiger partial charge is 0.311 e. The Hall–Kier alpha value is -1.86. The van der Waals surface area contributed by atoms with Crippen LogP contribution in [0.1, 0.15) is 6.92 Å².